The molecule has 8 heteroatoms. The van der Waals surface area contributed by atoms with Crippen LogP contribution in [0.1, 0.15) is 16.2 Å². The third kappa shape index (κ3) is 4.42. The number of hydrogen-bond donors (Lipinski definition) is 0. The second-order valence-electron chi connectivity index (χ2n) is 5.16. The SMILES string of the molecule is CN(C)/C=C/c1ncc([N+](=O)[O-])n1CCOC(=O)c1ccccc1. The van der Waals surface area contributed by atoms with Gasteiger partial charge in [0.25, 0.3) is 0 Å². The maximum absolute atomic E-state index is 11.9. The lowest BCUT2D eigenvalue weighted by Crippen LogP contribution is -2.14. The van der Waals surface area contributed by atoms with Crippen LogP contribution in [0, 0.1) is 10.1 Å². The van der Waals surface area contributed by atoms with Crippen LogP contribution >= 0.6 is 0 Å². The molecule has 0 aliphatic heterocycles. The lowest BCUT2D eigenvalue weighted by Gasteiger charge is -2.06. The molecule has 0 amide bonds. The molecule has 0 bridgehead atoms. The predicted molar refractivity (Wildman–Crippen MR) is 88.3 cm³/mol. The van der Waals surface area contributed by atoms with Gasteiger partial charge < -0.3 is 19.8 Å². The van der Waals surface area contributed by atoms with Crippen LogP contribution < -0.4 is 0 Å². The van der Waals surface area contributed by atoms with E-state index in [0.717, 1.165) is 0 Å². The lowest BCUT2D eigenvalue weighted by atomic mass is 10.2. The summed E-state index contributed by atoms with van der Waals surface area (Å²) in [5, 5.41) is 11.1. The van der Waals surface area contributed by atoms with E-state index in [9.17, 15) is 14.9 Å². The highest BCUT2D eigenvalue weighted by Gasteiger charge is 2.19. The van der Waals surface area contributed by atoms with E-state index in [4.69, 9.17) is 4.74 Å². The van der Waals surface area contributed by atoms with Crippen LogP contribution in [0.2, 0.25) is 0 Å². The second-order valence-corrected chi connectivity index (χ2v) is 5.16. The first-order valence-corrected chi connectivity index (χ1v) is 7.25. The molecular weight excluding hydrogens is 312 g/mol. The van der Waals surface area contributed by atoms with Gasteiger partial charge in [0, 0.05) is 26.4 Å². The zero-order valence-electron chi connectivity index (χ0n) is 13.5. The molecule has 1 aromatic heterocycles. The number of carbonyl (C=O) groups is 1. The van der Waals surface area contributed by atoms with E-state index in [-0.39, 0.29) is 19.0 Å². The largest absolute Gasteiger partial charge is 0.458 e. The van der Waals surface area contributed by atoms with E-state index in [1.807, 2.05) is 14.1 Å². The number of imidazole rings is 1. The number of hydrogen-bond acceptors (Lipinski definition) is 6. The van der Waals surface area contributed by atoms with E-state index < -0.39 is 10.9 Å². The first-order chi connectivity index (χ1) is 11.5. The molecule has 0 aliphatic carbocycles. The van der Waals surface area contributed by atoms with Gasteiger partial charge in [-0.15, -0.1) is 0 Å². The van der Waals surface area contributed by atoms with Crippen molar-refractivity contribution < 1.29 is 14.5 Å². The Hall–Kier alpha value is -3.16. The fourth-order valence-electron chi connectivity index (χ4n) is 1.99. The number of rotatable bonds is 7. The summed E-state index contributed by atoms with van der Waals surface area (Å²) >= 11 is 0. The van der Waals surface area contributed by atoms with Crippen LogP contribution in [-0.4, -0.2) is 46.0 Å². The molecule has 24 heavy (non-hydrogen) atoms. The quantitative estimate of drug-likeness (QED) is 0.439. The smallest absolute Gasteiger partial charge is 0.343 e. The van der Waals surface area contributed by atoms with Crippen molar-refractivity contribution in [1.82, 2.24) is 14.5 Å². The van der Waals surface area contributed by atoms with Crippen molar-refractivity contribution in [3.8, 4) is 0 Å². The highest BCUT2D eigenvalue weighted by molar-refractivity contribution is 5.89. The van der Waals surface area contributed by atoms with E-state index in [1.54, 1.807) is 47.5 Å². The van der Waals surface area contributed by atoms with Gasteiger partial charge in [0.05, 0.1) is 5.56 Å². The van der Waals surface area contributed by atoms with Crippen molar-refractivity contribution >= 4 is 17.9 Å². The number of aromatic nitrogens is 2. The van der Waals surface area contributed by atoms with Crippen molar-refractivity contribution in [1.29, 1.82) is 0 Å². The Kier molecular flexibility index (Phi) is 5.67. The average molecular weight is 330 g/mol. The summed E-state index contributed by atoms with van der Waals surface area (Å²) < 4.78 is 6.57. The number of ether oxygens (including phenoxy) is 1. The van der Waals surface area contributed by atoms with Crippen LogP contribution in [0.15, 0.2) is 42.7 Å². The molecule has 1 aromatic carbocycles. The molecule has 0 fully saturated rings. The van der Waals surface area contributed by atoms with Gasteiger partial charge in [-0.25, -0.2) is 14.3 Å². The zero-order valence-corrected chi connectivity index (χ0v) is 13.5. The number of esters is 1. The first kappa shape index (κ1) is 17.2. The van der Waals surface area contributed by atoms with Crippen LogP contribution in [-0.2, 0) is 11.3 Å². The van der Waals surface area contributed by atoms with Crippen molar-refractivity contribution in [3.05, 3.63) is 64.2 Å². The molecule has 8 nitrogen and oxygen atoms in total. The molecule has 0 spiro atoms. The van der Waals surface area contributed by atoms with Gasteiger partial charge in [-0.2, -0.15) is 0 Å². The molecule has 0 aliphatic rings. The van der Waals surface area contributed by atoms with Gasteiger partial charge in [0.2, 0.25) is 5.82 Å². The van der Waals surface area contributed by atoms with Gasteiger partial charge in [0.1, 0.15) is 19.3 Å². The maximum Gasteiger partial charge on any atom is 0.343 e. The van der Waals surface area contributed by atoms with Crippen molar-refractivity contribution in [2.75, 3.05) is 20.7 Å². The molecule has 0 radical (unpaired) electrons. The Morgan fingerprint density at radius 3 is 2.71 bits per heavy atom. The Morgan fingerprint density at radius 2 is 2.08 bits per heavy atom. The van der Waals surface area contributed by atoms with Crippen LogP contribution in [0.3, 0.4) is 0 Å². The molecule has 0 unspecified atom stereocenters. The van der Waals surface area contributed by atoms with Crippen LogP contribution in [0.25, 0.3) is 6.08 Å². The van der Waals surface area contributed by atoms with Gasteiger partial charge in [0.15, 0.2) is 0 Å². The molecule has 126 valence electrons. The minimum atomic E-state index is -0.515. The molecule has 0 N–H and O–H groups in total. The lowest BCUT2D eigenvalue weighted by molar-refractivity contribution is -0.392. The van der Waals surface area contributed by atoms with Crippen LogP contribution in [0.4, 0.5) is 5.82 Å². The van der Waals surface area contributed by atoms with Crippen LogP contribution in [0.5, 0.6) is 0 Å². The Balaban J connectivity index is 2.06. The minimum Gasteiger partial charge on any atom is -0.458 e. The molecular formula is C16H18N4O4. The number of carbonyl (C=O) groups excluding carboxylic acids is 1. The summed E-state index contributed by atoms with van der Waals surface area (Å²) in [4.78, 5) is 28.3. The monoisotopic (exact) mass is 330 g/mol. The normalized spacial score (nSPS) is 10.8. The number of nitrogens with zero attached hydrogens (tertiary/aromatic N) is 4. The third-order valence-electron chi connectivity index (χ3n) is 3.13. The summed E-state index contributed by atoms with van der Waals surface area (Å²) in [6.45, 7) is 0.149. The molecule has 2 aromatic rings. The van der Waals surface area contributed by atoms with Gasteiger partial charge in [-0.1, -0.05) is 18.2 Å². The molecule has 0 saturated heterocycles. The summed E-state index contributed by atoms with van der Waals surface area (Å²) in [5.74, 6) is -0.195. The predicted octanol–water partition coefficient (Wildman–Crippen LogP) is 2.18. The Bertz CT molecular complexity index is 738. The van der Waals surface area contributed by atoms with Gasteiger partial charge in [-0.3, -0.25) is 0 Å². The first-order valence-electron chi connectivity index (χ1n) is 7.25. The van der Waals surface area contributed by atoms with E-state index in [1.165, 1.54) is 10.8 Å². The Labute approximate surface area is 139 Å². The van der Waals surface area contributed by atoms with Crippen molar-refractivity contribution in [2.24, 2.45) is 0 Å². The average Bonchev–Trinajstić information content (AvgIpc) is 2.97. The third-order valence-corrected chi connectivity index (χ3v) is 3.13. The Morgan fingerprint density at radius 1 is 1.38 bits per heavy atom. The van der Waals surface area contributed by atoms with E-state index in [2.05, 4.69) is 4.98 Å². The van der Waals surface area contributed by atoms with Crippen molar-refractivity contribution in [2.45, 2.75) is 6.54 Å². The molecule has 1 heterocycles. The standard InChI is InChI=1S/C16H18N4O4/c1-18(2)9-8-14-17-12-15(20(22)23)19(14)10-11-24-16(21)13-6-4-3-5-7-13/h3-9,12H,10-11H2,1-2H3/b9-8+. The van der Waals surface area contributed by atoms with E-state index in [0.29, 0.717) is 11.4 Å². The fourth-order valence-corrected chi connectivity index (χ4v) is 1.99. The molecule has 0 saturated carbocycles. The minimum absolute atomic E-state index is 0.00767. The summed E-state index contributed by atoms with van der Waals surface area (Å²) in [6.07, 6.45) is 4.58. The molecule has 2 rings (SSSR count). The fraction of sp³-hybridized carbons (Fsp3) is 0.250. The van der Waals surface area contributed by atoms with Crippen molar-refractivity contribution in [3.63, 3.8) is 0 Å². The molecule has 0 atom stereocenters. The van der Waals surface area contributed by atoms with E-state index >= 15 is 0 Å². The zero-order chi connectivity index (χ0) is 17.5. The topological polar surface area (TPSA) is 90.5 Å². The highest BCUT2D eigenvalue weighted by Crippen LogP contribution is 2.15. The summed E-state index contributed by atoms with van der Waals surface area (Å²) in [6, 6.07) is 8.57. The highest BCUT2D eigenvalue weighted by atomic mass is 16.6. The second kappa shape index (κ2) is 7.91. The summed E-state index contributed by atoms with van der Waals surface area (Å²) in [5.41, 5.74) is 0.436. The summed E-state index contributed by atoms with van der Waals surface area (Å²) in [7, 11) is 3.67. The van der Waals surface area contributed by atoms with Gasteiger partial charge in [-0.05, 0) is 17.1 Å². The number of nitro groups is 1. The van der Waals surface area contributed by atoms with Gasteiger partial charge >= 0.3 is 11.8 Å². The maximum atomic E-state index is 11.9. The number of benzene rings is 1.